The molecule has 2 unspecified atom stereocenters. The Hall–Kier alpha value is -2.15. The lowest BCUT2D eigenvalue weighted by Gasteiger charge is -2.19. The van der Waals surface area contributed by atoms with Gasteiger partial charge in [0.05, 0.1) is 4.92 Å². The smallest absolute Gasteiger partial charge is 0.270 e. The van der Waals surface area contributed by atoms with Crippen LogP contribution in [0.15, 0.2) is 18.2 Å². The van der Waals surface area contributed by atoms with Crippen LogP contribution in [0.3, 0.4) is 0 Å². The van der Waals surface area contributed by atoms with Gasteiger partial charge in [0, 0.05) is 30.3 Å². The molecular weight excluding hydrogens is 274 g/mol. The zero-order valence-corrected chi connectivity index (χ0v) is 12.5. The van der Waals surface area contributed by atoms with E-state index in [1.165, 1.54) is 18.2 Å². The van der Waals surface area contributed by atoms with Crippen molar-refractivity contribution in [2.75, 3.05) is 0 Å². The molecule has 0 heterocycles. The van der Waals surface area contributed by atoms with E-state index in [0.29, 0.717) is 11.3 Å². The highest BCUT2D eigenvalue weighted by molar-refractivity contribution is 5.81. The second-order valence-electron chi connectivity index (χ2n) is 4.83. The van der Waals surface area contributed by atoms with Crippen LogP contribution in [0.25, 0.3) is 0 Å². The molecule has 21 heavy (non-hydrogen) atoms. The first kappa shape index (κ1) is 16.9. The number of ether oxygens (including phenoxy) is 1. The minimum absolute atomic E-state index is 0.0560. The Bertz CT molecular complexity index is 519. The number of nitro benzene ring substituents is 1. The van der Waals surface area contributed by atoms with Gasteiger partial charge in [-0.1, -0.05) is 6.92 Å². The molecule has 0 aliphatic rings. The van der Waals surface area contributed by atoms with Crippen LogP contribution in [-0.4, -0.2) is 23.0 Å². The standard InChI is InChI=1S/C14H21N3O4/c1-4-9(2)16-14(18)10(3)21-13-6-5-12(17(19)20)7-11(13)8-15/h5-7,9-10H,4,8,15H2,1-3H3,(H,16,18). The number of nitrogens with one attached hydrogen (secondary N) is 1. The lowest BCUT2D eigenvalue weighted by atomic mass is 10.1. The average Bonchev–Trinajstić information content (AvgIpc) is 2.46. The van der Waals surface area contributed by atoms with Gasteiger partial charge in [-0.05, 0) is 26.3 Å². The Labute approximate surface area is 123 Å². The highest BCUT2D eigenvalue weighted by Gasteiger charge is 2.18. The van der Waals surface area contributed by atoms with Crippen molar-refractivity contribution in [3.63, 3.8) is 0 Å². The van der Waals surface area contributed by atoms with Gasteiger partial charge in [-0.25, -0.2) is 0 Å². The first-order chi connectivity index (χ1) is 9.88. The fourth-order valence-electron chi connectivity index (χ4n) is 1.66. The van der Waals surface area contributed by atoms with Gasteiger partial charge < -0.3 is 15.8 Å². The number of hydrogen-bond donors (Lipinski definition) is 2. The highest BCUT2D eigenvalue weighted by atomic mass is 16.6. The zero-order valence-electron chi connectivity index (χ0n) is 12.5. The van der Waals surface area contributed by atoms with E-state index in [4.69, 9.17) is 10.5 Å². The quantitative estimate of drug-likeness (QED) is 0.588. The molecule has 0 spiro atoms. The van der Waals surface area contributed by atoms with Crippen molar-refractivity contribution in [3.05, 3.63) is 33.9 Å². The van der Waals surface area contributed by atoms with Crippen molar-refractivity contribution in [3.8, 4) is 5.75 Å². The summed E-state index contributed by atoms with van der Waals surface area (Å²) in [6, 6.07) is 4.21. The van der Waals surface area contributed by atoms with Gasteiger partial charge in [-0.3, -0.25) is 14.9 Å². The van der Waals surface area contributed by atoms with E-state index in [0.717, 1.165) is 6.42 Å². The van der Waals surface area contributed by atoms with Crippen LogP contribution in [0.5, 0.6) is 5.75 Å². The number of benzene rings is 1. The molecule has 1 aromatic carbocycles. The van der Waals surface area contributed by atoms with E-state index in [-0.39, 0.29) is 24.2 Å². The minimum atomic E-state index is -0.703. The minimum Gasteiger partial charge on any atom is -0.481 e. The van der Waals surface area contributed by atoms with Crippen molar-refractivity contribution in [1.82, 2.24) is 5.32 Å². The molecule has 7 nitrogen and oxygen atoms in total. The molecule has 0 fully saturated rings. The number of rotatable bonds is 7. The molecule has 3 N–H and O–H groups in total. The Morgan fingerprint density at radius 1 is 1.48 bits per heavy atom. The monoisotopic (exact) mass is 295 g/mol. The molecule has 0 aliphatic heterocycles. The van der Waals surface area contributed by atoms with E-state index >= 15 is 0 Å². The van der Waals surface area contributed by atoms with Crippen molar-refractivity contribution in [1.29, 1.82) is 0 Å². The second-order valence-corrected chi connectivity index (χ2v) is 4.83. The highest BCUT2D eigenvalue weighted by Crippen LogP contribution is 2.24. The second kappa shape index (κ2) is 7.58. The van der Waals surface area contributed by atoms with Crippen molar-refractivity contribution >= 4 is 11.6 Å². The van der Waals surface area contributed by atoms with Gasteiger partial charge >= 0.3 is 0 Å². The fraction of sp³-hybridized carbons (Fsp3) is 0.500. The van der Waals surface area contributed by atoms with Gasteiger partial charge in [-0.2, -0.15) is 0 Å². The Morgan fingerprint density at radius 3 is 2.67 bits per heavy atom. The number of carbonyl (C=O) groups is 1. The number of hydrogen-bond acceptors (Lipinski definition) is 5. The molecule has 7 heteroatoms. The predicted molar refractivity (Wildman–Crippen MR) is 79.0 cm³/mol. The molecule has 1 rings (SSSR count). The van der Waals surface area contributed by atoms with Crippen molar-refractivity contribution in [2.24, 2.45) is 5.73 Å². The van der Waals surface area contributed by atoms with Gasteiger partial charge in [0.2, 0.25) is 0 Å². The molecule has 0 radical (unpaired) electrons. The van der Waals surface area contributed by atoms with Crippen LogP contribution < -0.4 is 15.8 Å². The Balaban J connectivity index is 2.82. The summed E-state index contributed by atoms with van der Waals surface area (Å²) >= 11 is 0. The molecule has 0 saturated carbocycles. The van der Waals surface area contributed by atoms with E-state index < -0.39 is 11.0 Å². The summed E-state index contributed by atoms with van der Waals surface area (Å²) in [6.07, 6.45) is 0.120. The SMILES string of the molecule is CCC(C)NC(=O)C(C)Oc1ccc([N+](=O)[O-])cc1CN. The molecule has 1 aromatic rings. The average molecular weight is 295 g/mol. The van der Waals surface area contributed by atoms with Crippen LogP contribution in [0.4, 0.5) is 5.69 Å². The summed E-state index contributed by atoms with van der Waals surface area (Å²) < 4.78 is 5.56. The zero-order chi connectivity index (χ0) is 16.0. The van der Waals surface area contributed by atoms with E-state index in [9.17, 15) is 14.9 Å². The van der Waals surface area contributed by atoms with Crippen LogP contribution >= 0.6 is 0 Å². The van der Waals surface area contributed by atoms with Crippen LogP contribution in [0.2, 0.25) is 0 Å². The number of non-ortho nitro benzene ring substituents is 1. The van der Waals surface area contributed by atoms with Crippen LogP contribution in [0, 0.1) is 10.1 Å². The van der Waals surface area contributed by atoms with Crippen LogP contribution in [0.1, 0.15) is 32.8 Å². The number of carbonyl (C=O) groups excluding carboxylic acids is 1. The maximum Gasteiger partial charge on any atom is 0.270 e. The number of nitro groups is 1. The number of nitrogens with two attached hydrogens (primary N) is 1. The third-order valence-electron chi connectivity index (χ3n) is 3.15. The first-order valence-electron chi connectivity index (χ1n) is 6.83. The molecule has 0 aromatic heterocycles. The number of amides is 1. The van der Waals surface area contributed by atoms with Crippen LogP contribution in [-0.2, 0) is 11.3 Å². The molecule has 0 aliphatic carbocycles. The molecule has 2 atom stereocenters. The first-order valence-corrected chi connectivity index (χ1v) is 6.83. The van der Waals surface area contributed by atoms with E-state index in [1.807, 2.05) is 13.8 Å². The number of nitrogens with zero attached hydrogens (tertiary/aromatic N) is 1. The summed E-state index contributed by atoms with van der Waals surface area (Å²) in [5.74, 6) is 0.153. The van der Waals surface area contributed by atoms with Gasteiger partial charge in [0.1, 0.15) is 5.75 Å². The fourth-order valence-corrected chi connectivity index (χ4v) is 1.66. The summed E-state index contributed by atoms with van der Waals surface area (Å²) in [5.41, 5.74) is 6.01. The summed E-state index contributed by atoms with van der Waals surface area (Å²) in [6.45, 7) is 5.59. The molecule has 116 valence electrons. The normalized spacial score (nSPS) is 13.3. The molecule has 0 bridgehead atoms. The van der Waals surface area contributed by atoms with Gasteiger partial charge in [0.15, 0.2) is 6.10 Å². The molecular formula is C14H21N3O4. The van der Waals surface area contributed by atoms with E-state index in [1.54, 1.807) is 6.92 Å². The van der Waals surface area contributed by atoms with Crippen molar-refractivity contribution in [2.45, 2.75) is 45.9 Å². The maximum absolute atomic E-state index is 11.9. The third kappa shape index (κ3) is 4.71. The van der Waals surface area contributed by atoms with Gasteiger partial charge in [-0.15, -0.1) is 0 Å². The maximum atomic E-state index is 11.9. The largest absolute Gasteiger partial charge is 0.481 e. The molecule has 0 saturated heterocycles. The Kier molecular flexibility index (Phi) is 6.10. The summed E-state index contributed by atoms with van der Waals surface area (Å²) in [4.78, 5) is 22.1. The third-order valence-corrected chi connectivity index (χ3v) is 3.15. The van der Waals surface area contributed by atoms with E-state index in [2.05, 4.69) is 5.32 Å². The van der Waals surface area contributed by atoms with Gasteiger partial charge in [0.25, 0.3) is 11.6 Å². The predicted octanol–water partition coefficient (Wildman–Crippen LogP) is 1.74. The topological polar surface area (TPSA) is 107 Å². The lowest BCUT2D eigenvalue weighted by Crippen LogP contribution is -2.41. The Morgan fingerprint density at radius 2 is 2.14 bits per heavy atom. The molecule has 1 amide bonds. The van der Waals surface area contributed by atoms with Crippen molar-refractivity contribution < 1.29 is 14.5 Å². The summed E-state index contributed by atoms with van der Waals surface area (Å²) in [5, 5.41) is 13.5. The lowest BCUT2D eigenvalue weighted by molar-refractivity contribution is -0.384. The summed E-state index contributed by atoms with van der Waals surface area (Å²) in [7, 11) is 0.